The van der Waals surface area contributed by atoms with Crippen LogP contribution in [-0.2, 0) is 14.3 Å². The quantitative estimate of drug-likeness (QED) is 0.335. The topological polar surface area (TPSA) is 108 Å². The standard InChI is InChI=1S/C14H16N2O6/c1-3-8-15-14(18)10(2)22-13(17)9-21-12-6-4-11(5-7-12)16(19)20/h3-7,10H,1,8-9H2,2H3,(H,15,18)/t10-/m1/s1. The molecule has 1 atom stereocenters. The Labute approximate surface area is 126 Å². The number of hydrogen-bond acceptors (Lipinski definition) is 6. The molecular weight excluding hydrogens is 292 g/mol. The summed E-state index contributed by atoms with van der Waals surface area (Å²) in [5.41, 5.74) is -0.0811. The van der Waals surface area contributed by atoms with Crippen LogP contribution in [0.5, 0.6) is 5.75 Å². The SMILES string of the molecule is C=CCNC(=O)[C@@H](C)OC(=O)COc1ccc([N+](=O)[O-])cc1. The van der Waals surface area contributed by atoms with E-state index in [-0.39, 0.29) is 18.0 Å². The fourth-order valence-electron chi connectivity index (χ4n) is 1.41. The van der Waals surface area contributed by atoms with E-state index in [9.17, 15) is 19.7 Å². The van der Waals surface area contributed by atoms with Crippen LogP contribution in [-0.4, -0.2) is 36.1 Å². The first kappa shape index (κ1) is 17.2. The molecule has 8 heteroatoms. The monoisotopic (exact) mass is 308 g/mol. The number of carbonyl (C=O) groups is 2. The molecule has 0 heterocycles. The summed E-state index contributed by atoms with van der Waals surface area (Å²) in [4.78, 5) is 32.9. The summed E-state index contributed by atoms with van der Waals surface area (Å²) in [5, 5.41) is 13.0. The minimum absolute atomic E-state index is 0.0811. The van der Waals surface area contributed by atoms with Crippen LogP contribution in [0.4, 0.5) is 5.69 Å². The first-order valence-electron chi connectivity index (χ1n) is 6.39. The Bertz CT molecular complexity index is 555. The molecule has 8 nitrogen and oxygen atoms in total. The smallest absolute Gasteiger partial charge is 0.344 e. The zero-order valence-electron chi connectivity index (χ0n) is 12.0. The number of nitrogens with one attached hydrogen (secondary N) is 1. The number of benzene rings is 1. The van der Waals surface area contributed by atoms with Crippen LogP contribution < -0.4 is 10.1 Å². The number of non-ortho nitro benzene ring substituents is 1. The van der Waals surface area contributed by atoms with Gasteiger partial charge in [0.2, 0.25) is 0 Å². The second-order valence-corrected chi connectivity index (χ2v) is 4.21. The lowest BCUT2D eigenvalue weighted by molar-refractivity contribution is -0.384. The highest BCUT2D eigenvalue weighted by atomic mass is 16.6. The minimum atomic E-state index is -0.951. The lowest BCUT2D eigenvalue weighted by Crippen LogP contribution is -2.36. The highest BCUT2D eigenvalue weighted by Crippen LogP contribution is 2.17. The summed E-state index contributed by atoms with van der Waals surface area (Å²) in [6, 6.07) is 5.25. The summed E-state index contributed by atoms with van der Waals surface area (Å²) in [6.07, 6.45) is 0.553. The zero-order chi connectivity index (χ0) is 16.5. The van der Waals surface area contributed by atoms with Gasteiger partial charge in [-0.1, -0.05) is 6.08 Å². The summed E-state index contributed by atoms with van der Waals surface area (Å²) >= 11 is 0. The number of hydrogen-bond donors (Lipinski definition) is 1. The van der Waals surface area contributed by atoms with Gasteiger partial charge in [0.05, 0.1) is 4.92 Å². The average molecular weight is 308 g/mol. The third-order valence-corrected chi connectivity index (χ3v) is 2.50. The van der Waals surface area contributed by atoms with E-state index in [2.05, 4.69) is 11.9 Å². The van der Waals surface area contributed by atoms with Gasteiger partial charge < -0.3 is 14.8 Å². The summed E-state index contributed by atoms with van der Waals surface area (Å²) in [6.45, 7) is 4.75. The largest absolute Gasteiger partial charge is 0.482 e. The van der Waals surface area contributed by atoms with Gasteiger partial charge in [0.25, 0.3) is 11.6 Å². The van der Waals surface area contributed by atoms with Gasteiger partial charge in [0.15, 0.2) is 12.7 Å². The first-order valence-corrected chi connectivity index (χ1v) is 6.39. The summed E-state index contributed by atoms with van der Waals surface area (Å²) in [7, 11) is 0. The van der Waals surface area contributed by atoms with Gasteiger partial charge in [-0.25, -0.2) is 4.79 Å². The van der Waals surface area contributed by atoms with Crippen LogP contribution >= 0.6 is 0 Å². The highest BCUT2D eigenvalue weighted by Gasteiger charge is 2.17. The van der Waals surface area contributed by atoms with Gasteiger partial charge in [-0.15, -0.1) is 6.58 Å². The van der Waals surface area contributed by atoms with Crippen LogP contribution in [0.15, 0.2) is 36.9 Å². The van der Waals surface area contributed by atoms with Crippen LogP contribution in [0.2, 0.25) is 0 Å². The van der Waals surface area contributed by atoms with Gasteiger partial charge >= 0.3 is 5.97 Å². The molecule has 1 aromatic carbocycles. The number of nitro benzene ring substituents is 1. The van der Waals surface area contributed by atoms with Crippen molar-refractivity contribution in [2.24, 2.45) is 0 Å². The lowest BCUT2D eigenvalue weighted by Gasteiger charge is -2.13. The Hall–Kier alpha value is -2.90. The number of amides is 1. The van der Waals surface area contributed by atoms with Gasteiger partial charge in [-0.2, -0.15) is 0 Å². The van der Waals surface area contributed by atoms with E-state index < -0.39 is 29.5 Å². The summed E-state index contributed by atoms with van der Waals surface area (Å²) in [5.74, 6) is -0.880. The molecule has 0 saturated carbocycles. The Morgan fingerprint density at radius 2 is 2.05 bits per heavy atom. The zero-order valence-corrected chi connectivity index (χ0v) is 12.0. The van der Waals surface area contributed by atoms with Gasteiger partial charge in [0.1, 0.15) is 5.75 Å². The molecule has 0 aliphatic carbocycles. The van der Waals surface area contributed by atoms with Gasteiger partial charge in [0, 0.05) is 18.7 Å². The molecule has 0 saturated heterocycles. The predicted octanol–water partition coefficient (Wildman–Crippen LogP) is 1.21. The maximum atomic E-state index is 11.5. The molecule has 1 amide bonds. The number of esters is 1. The summed E-state index contributed by atoms with van der Waals surface area (Å²) < 4.78 is 9.99. The number of nitrogens with zero attached hydrogens (tertiary/aromatic N) is 1. The van der Waals surface area contributed by atoms with E-state index in [1.807, 2.05) is 0 Å². The Kier molecular flexibility index (Phi) is 6.55. The Balaban J connectivity index is 2.40. The van der Waals surface area contributed by atoms with Gasteiger partial charge in [-0.3, -0.25) is 14.9 Å². The number of ether oxygens (including phenoxy) is 2. The molecule has 0 spiro atoms. The molecule has 0 aromatic heterocycles. The van der Waals surface area contributed by atoms with Crippen molar-refractivity contribution >= 4 is 17.6 Å². The molecule has 118 valence electrons. The fourth-order valence-corrected chi connectivity index (χ4v) is 1.41. The van der Waals surface area contributed by atoms with Gasteiger partial charge in [-0.05, 0) is 19.1 Å². The van der Waals surface area contributed by atoms with Crippen molar-refractivity contribution in [3.05, 3.63) is 47.0 Å². The molecule has 0 unspecified atom stereocenters. The molecule has 0 aliphatic heterocycles. The second kappa shape index (κ2) is 8.40. The third kappa shape index (κ3) is 5.61. The van der Waals surface area contributed by atoms with Crippen LogP contribution in [0.3, 0.4) is 0 Å². The molecule has 0 fully saturated rings. The van der Waals surface area contributed by atoms with Crippen LogP contribution in [0.25, 0.3) is 0 Å². The van der Waals surface area contributed by atoms with Crippen LogP contribution in [0, 0.1) is 10.1 Å². The van der Waals surface area contributed by atoms with E-state index in [0.717, 1.165) is 0 Å². The Morgan fingerprint density at radius 3 is 2.59 bits per heavy atom. The van der Waals surface area contributed by atoms with E-state index in [1.54, 1.807) is 0 Å². The van der Waals surface area contributed by atoms with E-state index in [1.165, 1.54) is 37.3 Å². The normalized spacial score (nSPS) is 11.1. The lowest BCUT2D eigenvalue weighted by atomic mass is 10.3. The second-order valence-electron chi connectivity index (χ2n) is 4.21. The van der Waals surface area contributed by atoms with Crippen molar-refractivity contribution in [3.8, 4) is 5.75 Å². The van der Waals surface area contributed by atoms with E-state index in [0.29, 0.717) is 0 Å². The van der Waals surface area contributed by atoms with Crippen molar-refractivity contribution < 1.29 is 24.0 Å². The fraction of sp³-hybridized carbons (Fsp3) is 0.286. The Morgan fingerprint density at radius 1 is 1.41 bits per heavy atom. The third-order valence-electron chi connectivity index (χ3n) is 2.50. The maximum absolute atomic E-state index is 11.5. The molecule has 0 bridgehead atoms. The first-order chi connectivity index (χ1) is 10.4. The average Bonchev–Trinajstić information content (AvgIpc) is 2.50. The molecule has 1 rings (SSSR count). The molecular formula is C14H16N2O6. The number of carbonyl (C=O) groups excluding carboxylic acids is 2. The molecule has 0 radical (unpaired) electrons. The van der Waals surface area contributed by atoms with Crippen molar-refractivity contribution in [1.82, 2.24) is 5.32 Å². The highest BCUT2D eigenvalue weighted by molar-refractivity contribution is 5.83. The number of rotatable bonds is 8. The minimum Gasteiger partial charge on any atom is -0.482 e. The number of nitro groups is 1. The van der Waals surface area contributed by atoms with E-state index >= 15 is 0 Å². The van der Waals surface area contributed by atoms with Crippen molar-refractivity contribution in [1.29, 1.82) is 0 Å². The molecule has 22 heavy (non-hydrogen) atoms. The molecule has 1 N–H and O–H groups in total. The van der Waals surface area contributed by atoms with Crippen molar-refractivity contribution in [2.75, 3.05) is 13.2 Å². The molecule has 1 aromatic rings. The maximum Gasteiger partial charge on any atom is 0.344 e. The van der Waals surface area contributed by atoms with Crippen molar-refractivity contribution in [2.45, 2.75) is 13.0 Å². The van der Waals surface area contributed by atoms with E-state index in [4.69, 9.17) is 9.47 Å². The predicted molar refractivity (Wildman–Crippen MR) is 77.4 cm³/mol. The molecule has 0 aliphatic rings. The van der Waals surface area contributed by atoms with Crippen LogP contribution in [0.1, 0.15) is 6.92 Å². The van der Waals surface area contributed by atoms with Crippen molar-refractivity contribution in [3.63, 3.8) is 0 Å².